The van der Waals surface area contributed by atoms with E-state index < -0.39 is 10.1 Å². The highest BCUT2D eigenvalue weighted by molar-refractivity contribution is 7.90. The second-order valence-electron chi connectivity index (χ2n) is 3.29. The molecule has 1 aliphatic carbocycles. The molecule has 0 amide bonds. The summed E-state index contributed by atoms with van der Waals surface area (Å²) in [5.41, 5.74) is 1.83. The average molecular weight is 202 g/mol. The number of hydrogen-bond donors (Lipinski definition) is 1. The normalized spacial score (nSPS) is 18.8. The molecule has 0 saturated heterocycles. The van der Waals surface area contributed by atoms with Gasteiger partial charge in [-0.3, -0.25) is 4.55 Å². The van der Waals surface area contributed by atoms with Gasteiger partial charge < -0.3 is 0 Å². The number of rotatable bonds is 2. The van der Waals surface area contributed by atoms with Crippen molar-refractivity contribution >= 4 is 10.1 Å². The molecule has 0 spiro atoms. The molecule has 1 rings (SSSR count). The Morgan fingerprint density at radius 3 is 2.54 bits per heavy atom. The summed E-state index contributed by atoms with van der Waals surface area (Å²) in [5.74, 6) is 0. The maximum atomic E-state index is 11.0. The van der Waals surface area contributed by atoms with Gasteiger partial charge in [0, 0.05) is 0 Å². The molecule has 3 nitrogen and oxygen atoms in total. The third-order valence-corrected chi connectivity index (χ3v) is 3.21. The molecule has 0 aliphatic heterocycles. The number of allylic oxidation sites excluding steroid dienone is 3. The van der Waals surface area contributed by atoms with Crippen molar-refractivity contribution in [3.63, 3.8) is 0 Å². The minimum absolute atomic E-state index is 0.110. The average Bonchev–Trinajstić information content (AvgIpc) is 2.03. The van der Waals surface area contributed by atoms with Crippen molar-refractivity contribution in [1.29, 1.82) is 0 Å². The predicted octanol–water partition coefficient (Wildman–Crippen LogP) is 2.28. The third-order valence-electron chi connectivity index (χ3n) is 2.25. The van der Waals surface area contributed by atoms with Crippen LogP contribution in [0.1, 0.15) is 33.1 Å². The van der Waals surface area contributed by atoms with E-state index in [0.717, 1.165) is 24.0 Å². The standard InChI is InChI=1S/C9H14O3S/c1-3-8-5-4-7(2)6-9(8)13(10,11)12/h6H,3-5H2,1-2H3,(H,10,11,12). The summed E-state index contributed by atoms with van der Waals surface area (Å²) in [7, 11) is -4.02. The zero-order chi connectivity index (χ0) is 10.1. The Morgan fingerprint density at radius 1 is 1.46 bits per heavy atom. The van der Waals surface area contributed by atoms with E-state index >= 15 is 0 Å². The minimum Gasteiger partial charge on any atom is -0.282 e. The van der Waals surface area contributed by atoms with Gasteiger partial charge >= 0.3 is 0 Å². The van der Waals surface area contributed by atoms with Crippen LogP contribution in [0.4, 0.5) is 0 Å². The van der Waals surface area contributed by atoms with Crippen LogP contribution in [0, 0.1) is 0 Å². The summed E-state index contributed by atoms with van der Waals surface area (Å²) in [6.45, 7) is 3.77. The van der Waals surface area contributed by atoms with E-state index in [9.17, 15) is 8.42 Å². The highest BCUT2D eigenvalue weighted by Crippen LogP contribution is 2.28. The molecule has 13 heavy (non-hydrogen) atoms. The highest BCUT2D eigenvalue weighted by atomic mass is 32.2. The fourth-order valence-corrected chi connectivity index (χ4v) is 2.44. The van der Waals surface area contributed by atoms with E-state index in [-0.39, 0.29) is 4.91 Å². The van der Waals surface area contributed by atoms with Gasteiger partial charge in [-0.05, 0) is 37.8 Å². The third kappa shape index (κ3) is 2.42. The Balaban J connectivity index is 3.22. The van der Waals surface area contributed by atoms with E-state index in [1.165, 1.54) is 0 Å². The summed E-state index contributed by atoms with van der Waals surface area (Å²) < 4.78 is 30.8. The lowest BCUT2D eigenvalue weighted by molar-refractivity contribution is 0.491. The van der Waals surface area contributed by atoms with Gasteiger partial charge in [-0.15, -0.1) is 0 Å². The maximum absolute atomic E-state index is 11.0. The Bertz CT molecular complexity index is 360. The highest BCUT2D eigenvalue weighted by Gasteiger charge is 2.19. The molecule has 0 aromatic rings. The van der Waals surface area contributed by atoms with Crippen LogP contribution in [-0.4, -0.2) is 13.0 Å². The molecule has 0 atom stereocenters. The predicted molar refractivity (Wildman–Crippen MR) is 51.9 cm³/mol. The topological polar surface area (TPSA) is 54.4 Å². The van der Waals surface area contributed by atoms with Crippen molar-refractivity contribution in [2.24, 2.45) is 0 Å². The molecule has 1 N–H and O–H groups in total. The number of hydrogen-bond acceptors (Lipinski definition) is 2. The Hall–Kier alpha value is -0.610. The smallest absolute Gasteiger partial charge is 0.282 e. The zero-order valence-electron chi connectivity index (χ0n) is 7.87. The summed E-state index contributed by atoms with van der Waals surface area (Å²) in [6, 6.07) is 0. The van der Waals surface area contributed by atoms with E-state index in [2.05, 4.69) is 0 Å². The molecule has 0 heterocycles. The minimum atomic E-state index is -4.02. The van der Waals surface area contributed by atoms with Crippen molar-refractivity contribution in [3.05, 3.63) is 22.1 Å². The molecule has 74 valence electrons. The Morgan fingerprint density at radius 2 is 2.08 bits per heavy atom. The second-order valence-corrected chi connectivity index (χ2v) is 4.68. The van der Waals surface area contributed by atoms with Crippen LogP contribution < -0.4 is 0 Å². The summed E-state index contributed by atoms with van der Waals surface area (Å²) >= 11 is 0. The zero-order valence-corrected chi connectivity index (χ0v) is 8.69. The van der Waals surface area contributed by atoms with Crippen molar-refractivity contribution in [3.8, 4) is 0 Å². The summed E-state index contributed by atoms with van der Waals surface area (Å²) in [4.78, 5) is 0.110. The first kappa shape index (κ1) is 10.5. The monoisotopic (exact) mass is 202 g/mol. The molecule has 0 aromatic carbocycles. The van der Waals surface area contributed by atoms with E-state index in [0.29, 0.717) is 6.42 Å². The SMILES string of the molecule is CCC1=C(S(=O)(=O)O)C=C(C)CC1. The first-order chi connectivity index (χ1) is 5.95. The van der Waals surface area contributed by atoms with Gasteiger partial charge in [0.1, 0.15) is 0 Å². The van der Waals surface area contributed by atoms with Crippen LogP contribution in [0.25, 0.3) is 0 Å². The second kappa shape index (κ2) is 3.64. The molecule has 0 bridgehead atoms. The molecule has 0 radical (unpaired) electrons. The summed E-state index contributed by atoms with van der Waals surface area (Å²) in [6.07, 6.45) is 3.88. The molecule has 0 aromatic heterocycles. The van der Waals surface area contributed by atoms with Crippen molar-refractivity contribution in [1.82, 2.24) is 0 Å². The molecule has 0 fully saturated rings. The van der Waals surface area contributed by atoms with E-state index in [1.807, 2.05) is 13.8 Å². The van der Waals surface area contributed by atoms with E-state index in [4.69, 9.17) is 4.55 Å². The largest absolute Gasteiger partial charge is 0.294 e. The van der Waals surface area contributed by atoms with Gasteiger partial charge in [0.15, 0.2) is 0 Å². The lowest BCUT2D eigenvalue weighted by Gasteiger charge is -2.15. The fraction of sp³-hybridized carbons (Fsp3) is 0.556. The van der Waals surface area contributed by atoms with Crippen LogP contribution in [0.15, 0.2) is 22.1 Å². The Kier molecular flexibility index (Phi) is 2.93. The van der Waals surface area contributed by atoms with Gasteiger partial charge in [-0.25, -0.2) is 0 Å². The van der Waals surface area contributed by atoms with Crippen LogP contribution >= 0.6 is 0 Å². The lowest BCUT2D eigenvalue weighted by Crippen LogP contribution is -2.07. The van der Waals surface area contributed by atoms with Crippen molar-refractivity contribution in [2.45, 2.75) is 33.1 Å². The fourth-order valence-electron chi connectivity index (χ4n) is 1.48. The first-order valence-corrected chi connectivity index (χ1v) is 5.76. The van der Waals surface area contributed by atoms with Crippen molar-refractivity contribution < 1.29 is 13.0 Å². The van der Waals surface area contributed by atoms with Crippen molar-refractivity contribution in [2.75, 3.05) is 0 Å². The van der Waals surface area contributed by atoms with Gasteiger partial charge in [0.25, 0.3) is 10.1 Å². The molecule has 0 unspecified atom stereocenters. The maximum Gasteiger partial charge on any atom is 0.294 e. The van der Waals surface area contributed by atoms with Crippen LogP contribution in [0.3, 0.4) is 0 Å². The van der Waals surface area contributed by atoms with Crippen LogP contribution in [0.2, 0.25) is 0 Å². The Labute approximate surface area is 78.9 Å². The first-order valence-electron chi connectivity index (χ1n) is 4.32. The van der Waals surface area contributed by atoms with Crippen LogP contribution in [0.5, 0.6) is 0 Å². The van der Waals surface area contributed by atoms with Gasteiger partial charge in [0.2, 0.25) is 0 Å². The molecular formula is C9H14O3S. The van der Waals surface area contributed by atoms with Gasteiger partial charge in [0.05, 0.1) is 4.91 Å². The molecule has 4 heteroatoms. The quantitative estimate of drug-likeness (QED) is 0.699. The molecular weight excluding hydrogens is 188 g/mol. The lowest BCUT2D eigenvalue weighted by atomic mass is 9.98. The molecule has 0 saturated carbocycles. The van der Waals surface area contributed by atoms with E-state index in [1.54, 1.807) is 6.08 Å². The van der Waals surface area contributed by atoms with Crippen LogP contribution in [-0.2, 0) is 10.1 Å². The molecule has 1 aliphatic rings. The van der Waals surface area contributed by atoms with Gasteiger partial charge in [-0.1, -0.05) is 12.5 Å². The summed E-state index contributed by atoms with van der Waals surface area (Å²) in [5, 5.41) is 0. The van der Waals surface area contributed by atoms with Gasteiger partial charge in [-0.2, -0.15) is 8.42 Å².